The molecule has 4 aliphatic rings. The number of rotatable bonds is 8. The molecule has 32 heavy (non-hydrogen) atoms. The van der Waals surface area contributed by atoms with E-state index < -0.39 is 17.0 Å². The van der Waals surface area contributed by atoms with Crippen LogP contribution in [0.3, 0.4) is 0 Å². The molecule has 4 aliphatic carbocycles. The molecule has 0 bridgehead atoms. The topological polar surface area (TPSA) is 28.2 Å². The van der Waals surface area contributed by atoms with Gasteiger partial charge < -0.3 is 10.6 Å². The van der Waals surface area contributed by atoms with E-state index in [-0.39, 0.29) is 0 Å². The van der Waals surface area contributed by atoms with Crippen LogP contribution in [0.1, 0.15) is 122 Å². The van der Waals surface area contributed by atoms with Crippen LogP contribution in [0.15, 0.2) is 0 Å². The van der Waals surface area contributed by atoms with Crippen molar-refractivity contribution in [2.24, 2.45) is 23.7 Å². The molecule has 0 amide bonds. The first kappa shape index (κ1) is 27.8. The molecule has 0 N–H and O–H groups in total. The van der Waals surface area contributed by atoms with Crippen LogP contribution in [0, 0.1) is 23.7 Å². The quantitative estimate of drug-likeness (QED) is 0.226. The van der Waals surface area contributed by atoms with Crippen LogP contribution in [-0.4, -0.2) is 25.2 Å². The molecule has 4 saturated carbocycles. The van der Waals surface area contributed by atoms with Crippen molar-refractivity contribution in [2.45, 2.75) is 134 Å². The van der Waals surface area contributed by atoms with E-state index in [0.29, 0.717) is 12.1 Å². The molecule has 4 atom stereocenters. The number of halogens is 2. The van der Waals surface area contributed by atoms with E-state index in [4.69, 9.17) is 29.2 Å². The maximum absolute atomic E-state index is 5.14. The molecule has 0 aromatic heterocycles. The first-order chi connectivity index (χ1) is 15.8. The van der Waals surface area contributed by atoms with Crippen LogP contribution < -0.4 is 0 Å². The Morgan fingerprint density at radius 1 is 0.500 bits per heavy atom. The van der Waals surface area contributed by atoms with Crippen LogP contribution in [0.5, 0.6) is 0 Å². The SMILES string of the molecule is C1CCC(C2CCCC([N-]CCC[N-]C3CCCC(C4CCCCC4)C3)C2)CC1.[Cl][Ti][Cl]. The number of nitrogens with zero attached hydrogens (tertiary/aromatic N) is 2. The molecule has 0 heterocycles. The van der Waals surface area contributed by atoms with Crippen molar-refractivity contribution in [3.05, 3.63) is 10.6 Å². The van der Waals surface area contributed by atoms with E-state index in [2.05, 4.69) is 0 Å². The monoisotopic (exact) mass is 518 g/mol. The van der Waals surface area contributed by atoms with Gasteiger partial charge in [-0.15, -0.1) is 12.1 Å². The molecule has 4 unspecified atom stereocenters. The van der Waals surface area contributed by atoms with Crippen LogP contribution in [0.2, 0.25) is 0 Å². The van der Waals surface area contributed by atoms with Crippen molar-refractivity contribution in [1.29, 1.82) is 0 Å². The molecule has 0 radical (unpaired) electrons. The molecule has 0 aliphatic heterocycles. The summed E-state index contributed by atoms with van der Waals surface area (Å²) in [7, 11) is 9.78. The summed E-state index contributed by atoms with van der Waals surface area (Å²) in [5, 5.41) is 10.3. The van der Waals surface area contributed by atoms with E-state index in [1.807, 2.05) is 0 Å². The third-order valence-corrected chi connectivity index (χ3v) is 9.10. The van der Waals surface area contributed by atoms with E-state index in [1.165, 1.54) is 122 Å². The second-order valence-electron chi connectivity index (χ2n) is 11.2. The van der Waals surface area contributed by atoms with E-state index in [0.717, 1.165) is 36.8 Å². The summed E-state index contributed by atoms with van der Waals surface area (Å²) in [6, 6.07) is 1.36. The summed E-state index contributed by atoms with van der Waals surface area (Å²) >= 11 is -0.556. The first-order valence-corrected chi connectivity index (χ1v) is 18.4. The van der Waals surface area contributed by atoms with Crippen LogP contribution in [-0.2, 0) is 17.0 Å². The fraction of sp³-hybridized carbons (Fsp3) is 1.00. The third-order valence-electron chi connectivity index (χ3n) is 9.10. The average Bonchev–Trinajstić information content (AvgIpc) is 2.86. The van der Waals surface area contributed by atoms with Gasteiger partial charge in [0.05, 0.1) is 0 Å². The molecular weight excluding hydrogens is 471 g/mol. The average molecular weight is 519 g/mol. The Bertz CT molecular complexity index is 429. The summed E-state index contributed by atoms with van der Waals surface area (Å²) < 4.78 is 0. The van der Waals surface area contributed by atoms with Gasteiger partial charge >= 0.3 is 35.6 Å². The standard InChI is InChI=1S/C27H48N2.2ClH.Ti/c1-3-10-22(11-4-1)24-14-7-16-26(20-24)28-18-9-19-29-27-17-8-15-25(21-27)23-12-5-2-6-13-23;;;/h22-27H,1-21H2;2*1H;/q-2;;;+2/p-2. The van der Waals surface area contributed by atoms with Gasteiger partial charge in [-0.1, -0.05) is 122 Å². The van der Waals surface area contributed by atoms with E-state index in [1.54, 1.807) is 0 Å². The van der Waals surface area contributed by atoms with E-state index in [9.17, 15) is 0 Å². The fourth-order valence-electron chi connectivity index (χ4n) is 7.42. The van der Waals surface area contributed by atoms with Gasteiger partial charge in [0.2, 0.25) is 0 Å². The summed E-state index contributed by atoms with van der Waals surface area (Å²) in [5.74, 6) is 4.09. The molecule has 186 valence electrons. The van der Waals surface area contributed by atoms with E-state index >= 15 is 0 Å². The van der Waals surface area contributed by atoms with Crippen molar-refractivity contribution in [3.63, 3.8) is 0 Å². The minimum absolute atomic E-state index is 0.556. The predicted octanol–water partition coefficient (Wildman–Crippen LogP) is 9.78. The zero-order valence-corrected chi connectivity index (χ0v) is 23.5. The fourth-order valence-corrected chi connectivity index (χ4v) is 7.42. The summed E-state index contributed by atoms with van der Waals surface area (Å²) in [6.45, 7) is 2.15. The molecule has 0 saturated heterocycles. The van der Waals surface area contributed by atoms with Crippen LogP contribution in [0.25, 0.3) is 10.6 Å². The molecule has 0 spiro atoms. The minimum atomic E-state index is -0.556. The van der Waals surface area contributed by atoms with Gasteiger partial charge in [-0.3, -0.25) is 0 Å². The Morgan fingerprint density at radius 2 is 0.875 bits per heavy atom. The van der Waals surface area contributed by atoms with Gasteiger partial charge in [-0.2, -0.15) is 13.1 Å². The van der Waals surface area contributed by atoms with Crippen LogP contribution >= 0.6 is 18.6 Å². The van der Waals surface area contributed by atoms with Gasteiger partial charge in [-0.25, -0.2) is 0 Å². The zero-order valence-electron chi connectivity index (χ0n) is 20.5. The van der Waals surface area contributed by atoms with Crippen molar-refractivity contribution >= 4 is 18.6 Å². The summed E-state index contributed by atoms with van der Waals surface area (Å²) in [4.78, 5) is 0. The second-order valence-corrected chi connectivity index (χ2v) is 13.8. The summed E-state index contributed by atoms with van der Waals surface area (Å²) in [5.41, 5.74) is 0. The van der Waals surface area contributed by atoms with Gasteiger partial charge in [0.1, 0.15) is 0 Å². The maximum atomic E-state index is 5.14. The van der Waals surface area contributed by atoms with Crippen molar-refractivity contribution in [1.82, 2.24) is 0 Å². The third kappa shape index (κ3) is 10.1. The normalized spacial score (nSPS) is 32.7. The van der Waals surface area contributed by atoms with Gasteiger partial charge in [0.25, 0.3) is 0 Å². The van der Waals surface area contributed by atoms with Gasteiger partial charge in [0.15, 0.2) is 0 Å². The predicted molar refractivity (Wildman–Crippen MR) is 137 cm³/mol. The first-order valence-electron chi connectivity index (χ1n) is 14.1. The Balaban J connectivity index is 0.000000913. The summed E-state index contributed by atoms with van der Waals surface area (Å²) in [6.07, 6.45) is 27.6. The number of hydrogen-bond donors (Lipinski definition) is 0. The van der Waals surface area contributed by atoms with Crippen LogP contribution in [0.4, 0.5) is 0 Å². The zero-order chi connectivity index (χ0) is 22.4. The van der Waals surface area contributed by atoms with Crippen molar-refractivity contribution < 1.29 is 17.0 Å². The molecular formula is C27H48Cl2N2Ti-2. The van der Waals surface area contributed by atoms with Gasteiger partial charge in [0, 0.05) is 0 Å². The molecule has 4 fully saturated rings. The molecule has 0 aromatic carbocycles. The van der Waals surface area contributed by atoms with Crippen molar-refractivity contribution in [2.75, 3.05) is 13.1 Å². The van der Waals surface area contributed by atoms with Crippen molar-refractivity contribution in [3.8, 4) is 0 Å². The Hall–Kier alpha value is 1.21. The molecule has 2 nitrogen and oxygen atoms in total. The Morgan fingerprint density at radius 3 is 1.28 bits per heavy atom. The Labute approximate surface area is 216 Å². The van der Waals surface area contributed by atoms with Gasteiger partial charge in [-0.05, 0) is 23.7 Å². The second kappa shape index (κ2) is 16.8. The molecule has 5 heteroatoms. The Kier molecular flexibility index (Phi) is 14.6. The number of hydrogen-bond acceptors (Lipinski definition) is 0. The molecule has 0 aromatic rings. The molecule has 4 rings (SSSR count).